The molecule has 0 aromatic carbocycles. The van der Waals surface area contributed by atoms with Crippen molar-refractivity contribution in [3.8, 4) is 0 Å². The molecule has 0 amide bonds. The van der Waals surface area contributed by atoms with E-state index < -0.39 is 0 Å². The van der Waals surface area contributed by atoms with Crippen molar-refractivity contribution in [1.82, 2.24) is 14.9 Å². The second-order valence-electron chi connectivity index (χ2n) is 3.79. The predicted molar refractivity (Wildman–Crippen MR) is 64.6 cm³/mol. The molecule has 0 unspecified atom stereocenters. The maximum absolute atomic E-state index is 5.90. The Morgan fingerprint density at radius 3 is 2.94 bits per heavy atom. The molecule has 1 fully saturated rings. The summed E-state index contributed by atoms with van der Waals surface area (Å²) in [7, 11) is 0. The first-order valence-electron chi connectivity index (χ1n) is 5.74. The van der Waals surface area contributed by atoms with Crippen LogP contribution in [-0.2, 0) is 11.2 Å². The monoisotopic (exact) mass is 235 g/mol. The minimum absolute atomic E-state index is 0.595. The average Bonchev–Trinajstić information content (AvgIpc) is 2.41. The molecule has 1 aromatic heterocycles. The fraction of sp³-hybridized carbons (Fsp3) is 0.545. The topological polar surface area (TPSA) is 76.6 Å². The number of nitrogens with zero attached hydrogens (tertiary/aromatic N) is 4. The van der Waals surface area contributed by atoms with Gasteiger partial charge in [0.2, 0.25) is 0 Å². The zero-order valence-electron chi connectivity index (χ0n) is 9.75. The van der Waals surface area contributed by atoms with Gasteiger partial charge in [-0.05, 0) is 0 Å². The second kappa shape index (κ2) is 6.15. The summed E-state index contributed by atoms with van der Waals surface area (Å²) in [4.78, 5) is 14.6. The van der Waals surface area contributed by atoms with E-state index in [0.717, 1.165) is 38.4 Å². The van der Waals surface area contributed by atoms with E-state index in [2.05, 4.69) is 15.0 Å². The van der Waals surface area contributed by atoms with Gasteiger partial charge in [-0.2, -0.15) is 0 Å². The molecular formula is C11H17N5O. The lowest BCUT2D eigenvalue weighted by molar-refractivity contribution is 0.0674. The molecule has 2 heterocycles. The van der Waals surface area contributed by atoms with E-state index in [9.17, 15) is 0 Å². The first kappa shape index (κ1) is 11.8. The van der Waals surface area contributed by atoms with Gasteiger partial charge in [0.05, 0.1) is 18.9 Å². The Balaban J connectivity index is 1.79. The van der Waals surface area contributed by atoms with Gasteiger partial charge in [0.25, 0.3) is 0 Å². The first-order chi connectivity index (χ1) is 8.36. The lowest BCUT2D eigenvalue weighted by Crippen LogP contribution is -2.44. The average molecular weight is 235 g/mol. The van der Waals surface area contributed by atoms with Crippen molar-refractivity contribution >= 4 is 5.96 Å². The molecule has 1 aliphatic rings. The first-order valence-corrected chi connectivity index (χ1v) is 5.74. The molecule has 0 atom stereocenters. The number of rotatable bonds is 3. The van der Waals surface area contributed by atoms with Gasteiger partial charge in [0.1, 0.15) is 0 Å². The van der Waals surface area contributed by atoms with Crippen molar-refractivity contribution in [2.75, 3.05) is 32.8 Å². The van der Waals surface area contributed by atoms with E-state index >= 15 is 0 Å². The molecule has 17 heavy (non-hydrogen) atoms. The number of guanidine groups is 1. The van der Waals surface area contributed by atoms with Crippen LogP contribution in [0.3, 0.4) is 0 Å². The summed E-state index contributed by atoms with van der Waals surface area (Å²) in [6, 6.07) is 0. The fourth-order valence-corrected chi connectivity index (χ4v) is 1.64. The maximum Gasteiger partial charge on any atom is 0.191 e. The highest BCUT2D eigenvalue weighted by Gasteiger charge is 2.11. The van der Waals surface area contributed by atoms with Gasteiger partial charge >= 0.3 is 0 Å². The van der Waals surface area contributed by atoms with Gasteiger partial charge < -0.3 is 15.4 Å². The highest BCUT2D eigenvalue weighted by molar-refractivity contribution is 5.78. The van der Waals surface area contributed by atoms with Gasteiger partial charge in [-0.15, -0.1) is 0 Å². The lowest BCUT2D eigenvalue weighted by Gasteiger charge is -2.27. The van der Waals surface area contributed by atoms with Gasteiger partial charge in [-0.25, -0.2) is 0 Å². The molecule has 0 saturated carbocycles. The molecule has 1 saturated heterocycles. The fourth-order valence-electron chi connectivity index (χ4n) is 1.64. The third-order valence-electron chi connectivity index (χ3n) is 2.59. The van der Waals surface area contributed by atoms with Crippen LogP contribution in [0.25, 0.3) is 0 Å². The Bertz CT molecular complexity index is 361. The number of ether oxygens (including phenoxy) is 1. The van der Waals surface area contributed by atoms with Crippen molar-refractivity contribution < 1.29 is 4.74 Å². The number of morpholine rings is 1. The molecule has 2 N–H and O–H groups in total. The van der Waals surface area contributed by atoms with Crippen LogP contribution in [0, 0.1) is 0 Å². The zero-order chi connectivity index (χ0) is 11.9. The van der Waals surface area contributed by atoms with Crippen molar-refractivity contribution in [2.45, 2.75) is 6.42 Å². The van der Waals surface area contributed by atoms with Crippen LogP contribution in [-0.4, -0.2) is 53.7 Å². The largest absolute Gasteiger partial charge is 0.378 e. The highest BCUT2D eigenvalue weighted by atomic mass is 16.5. The van der Waals surface area contributed by atoms with E-state index in [4.69, 9.17) is 10.5 Å². The summed E-state index contributed by atoms with van der Waals surface area (Å²) in [5.74, 6) is 0.595. The molecule has 0 bridgehead atoms. The Kier molecular flexibility index (Phi) is 4.26. The summed E-state index contributed by atoms with van der Waals surface area (Å²) in [6.45, 7) is 3.73. The van der Waals surface area contributed by atoms with Crippen molar-refractivity contribution in [3.05, 3.63) is 24.3 Å². The molecule has 1 aromatic rings. The van der Waals surface area contributed by atoms with E-state index in [1.165, 1.54) is 0 Å². The standard InChI is InChI=1S/C11H17N5O/c12-11(16-5-7-17-8-6-16)15-2-1-10-9-13-3-4-14-10/h3-4,9H,1-2,5-8H2,(H2,12,15). The van der Waals surface area contributed by atoms with Gasteiger partial charge in [-0.3, -0.25) is 15.0 Å². The minimum Gasteiger partial charge on any atom is -0.378 e. The molecular weight excluding hydrogens is 218 g/mol. The molecule has 6 nitrogen and oxygen atoms in total. The van der Waals surface area contributed by atoms with Crippen LogP contribution in [0.15, 0.2) is 23.6 Å². The van der Waals surface area contributed by atoms with Crippen LogP contribution < -0.4 is 5.73 Å². The summed E-state index contributed by atoms with van der Waals surface area (Å²) in [5.41, 5.74) is 6.83. The zero-order valence-corrected chi connectivity index (χ0v) is 9.75. The Morgan fingerprint density at radius 1 is 1.41 bits per heavy atom. The van der Waals surface area contributed by atoms with Crippen LogP contribution in [0.2, 0.25) is 0 Å². The third kappa shape index (κ3) is 3.67. The summed E-state index contributed by atoms with van der Waals surface area (Å²) in [5, 5.41) is 0. The van der Waals surface area contributed by atoms with E-state index in [1.54, 1.807) is 18.6 Å². The maximum atomic E-state index is 5.90. The number of hydrogen-bond donors (Lipinski definition) is 1. The lowest BCUT2D eigenvalue weighted by atomic mass is 10.3. The van der Waals surface area contributed by atoms with Crippen molar-refractivity contribution in [3.63, 3.8) is 0 Å². The normalized spacial score (nSPS) is 17.2. The quantitative estimate of drug-likeness (QED) is 0.573. The molecule has 0 aliphatic carbocycles. The van der Waals surface area contributed by atoms with Crippen LogP contribution in [0.4, 0.5) is 0 Å². The van der Waals surface area contributed by atoms with E-state index in [1.807, 2.05) is 4.90 Å². The Hall–Kier alpha value is -1.69. The summed E-state index contributed by atoms with van der Waals surface area (Å²) >= 11 is 0. The number of aliphatic imine (C=N–C) groups is 1. The number of hydrogen-bond acceptors (Lipinski definition) is 4. The molecule has 6 heteroatoms. The summed E-state index contributed by atoms with van der Waals surface area (Å²) < 4.78 is 5.25. The molecule has 2 rings (SSSR count). The van der Waals surface area contributed by atoms with Gasteiger partial charge in [0, 0.05) is 44.6 Å². The molecule has 92 valence electrons. The highest BCUT2D eigenvalue weighted by Crippen LogP contribution is 1.97. The van der Waals surface area contributed by atoms with E-state index in [0.29, 0.717) is 12.5 Å². The Morgan fingerprint density at radius 2 is 2.24 bits per heavy atom. The van der Waals surface area contributed by atoms with Crippen LogP contribution >= 0.6 is 0 Å². The van der Waals surface area contributed by atoms with Gasteiger partial charge in [0.15, 0.2) is 5.96 Å². The van der Waals surface area contributed by atoms with Crippen LogP contribution in [0.5, 0.6) is 0 Å². The van der Waals surface area contributed by atoms with Gasteiger partial charge in [-0.1, -0.05) is 0 Å². The van der Waals surface area contributed by atoms with Crippen LogP contribution in [0.1, 0.15) is 5.69 Å². The smallest absolute Gasteiger partial charge is 0.191 e. The third-order valence-corrected chi connectivity index (χ3v) is 2.59. The van der Waals surface area contributed by atoms with Crippen molar-refractivity contribution in [1.29, 1.82) is 0 Å². The Labute approximate surface area is 101 Å². The number of nitrogens with two attached hydrogens (primary N) is 1. The minimum atomic E-state index is 0.595. The van der Waals surface area contributed by atoms with E-state index in [-0.39, 0.29) is 0 Å². The number of aromatic nitrogens is 2. The SMILES string of the molecule is NC(=NCCc1cnccn1)N1CCOCC1. The molecule has 1 aliphatic heterocycles. The molecule has 0 spiro atoms. The predicted octanol–water partition coefficient (Wildman–Crippen LogP) is -0.334. The molecule has 0 radical (unpaired) electrons. The second-order valence-corrected chi connectivity index (χ2v) is 3.79. The summed E-state index contributed by atoms with van der Waals surface area (Å²) in [6.07, 6.45) is 5.86. The van der Waals surface area contributed by atoms with Crippen molar-refractivity contribution in [2.24, 2.45) is 10.7 Å².